The highest BCUT2D eigenvalue weighted by atomic mass is 35.5. The van der Waals surface area contributed by atoms with Gasteiger partial charge in [-0.1, -0.05) is 67.9 Å². The van der Waals surface area contributed by atoms with Crippen molar-refractivity contribution >= 4 is 11.6 Å². The minimum Gasteiger partial charge on any atom is -0.342 e. The first kappa shape index (κ1) is 15.8. The molecule has 0 amide bonds. The largest absolute Gasteiger partial charge is 0.342 e. The molecule has 0 spiro atoms. The summed E-state index contributed by atoms with van der Waals surface area (Å²) in [7, 11) is 0. The number of hydrogen-bond donors (Lipinski definition) is 1. The molecule has 0 aliphatic heterocycles. The molecule has 0 saturated carbocycles. The fourth-order valence-corrected chi connectivity index (χ4v) is 2.85. The monoisotopic (exact) mass is 324 g/mol. The van der Waals surface area contributed by atoms with Crippen molar-refractivity contribution in [3.05, 3.63) is 76.7 Å². The summed E-state index contributed by atoms with van der Waals surface area (Å²) >= 11 is 6.22. The van der Waals surface area contributed by atoms with Gasteiger partial charge in [0.15, 0.2) is 0 Å². The third kappa shape index (κ3) is 3.65. The summed E-state index contributed by atoms with van der Waals surface area (Å²) in [6.45, 7) is 4.47. The van der Waals surface area contributed by atoms with Crippen molar-refractivity contribution < 1.29 is 0 Å². The molecule has 2 aromatic carbocycles. The van der Waals surface area contributed by atoms with Crippen LogP contribution in [0.2, 0.25) is 5.02 Å². The lowest BCUT2D eigenvalue weighted by molar-refractivity contribution is 0.734. The number of aromatic amines is 1. The Kier molecular flexibility index (Phi) is 4.82. The minimum atomic E-state index is 0.599. The van der Waals surface area contributed by atoms with E-state index in [9.17, 15) is 0 Å². The second-order valence-corrected chi connectivity index (χ2v) is 6.35. The molecule has 1 N–H and O–H groups in total. The molecule has 1 heterocycles. The van der Waals surface area contributed by atoms with Gasteiger partial charge in [0.05, 0.1) is 11.9 Å². The summed E-state index contributed by atoms with van der Waals surface area (Å²) in [6.07, 6.45) is 3.76. The van der Waals surface area contributed by atoms with Crippen molar-refractivity contribution in [2.24, 2.45) is 0 Å². The van der Waals surface area contributed by atoms with Gasteiger partial charge in [-0.3, -0.25) is 0 Å². The van der Waals surface area contributed by atoms with Gasteiger partial charge >= 0.3 is 0 Å². The molecular weight excluding hydrogens is 304 g/mol. The summed E-state index contributed by atoms with van der Waals surface area (Å²) in [5.41, 5.74) is 4.67. The molecule has 23 heavy (non-hydrogen) atoms. The average molecular weight is 325 g/mol. The topological polar surface area (TPSA) is 28.7 Å². The predicted molar refractivity (Wildman–Crippen MR) is 97.0 cm³/mol. The van der Waals surface area contributed by atoms with E-state index in [1.807, 2.05) is 30.5 Å². The number of nitrogens with one attached hydrogen (secondary N) is 1. The molecular formula is C20H21ClN2. The number of halogens is 1. The van der Waals surface area contributed by atoms with Gasteiger partial charge in [-0.05, 0) is 35.1 Å². The molecule has 118 valence electrons. The summed E-state index contributed by atoms with van der Waals surface area (Å²) in [6, 6.07) is 16.6. The van der Waals surface area contributed by atoms with Gasteiger partial charge in [-0.25, -0.2) is 4.98 Å². The van der Waals surface area contributed by atoms with Crippen LogP contribution in [0.5, 0.6) is 0 Å². The molecule has 0 aliphatic rings. The normalized spacial score (nSPS) is 12.3. The molecule has 3 rings (SSSR count). The van der Waals surface area contributed by atoms with Crippen LogP contribution in [0.4, 0.5) is 0 Å². The highest BCUT2D eigenvalue weighted by molar-refractivity contribution is 6.31. The van der Waals surface area contributed by atoms with Gasteiger partial charge < -0.3 is 4.98 Å². The molecule has 1 unspecified atom stereocenters. The van der Waals surface area contributed by atoms with Gasteiger partial charge in [0.25, 0.3) is 0 Å². The summed E-state index contributed by atoms with van der Waals surface area (Å²) in [5.74, 6) is 1.53. The van der Waals surface area contributed by atoms with E-state index in [1.54, 1.807) is 0 Å². The van der Waals surface area contributed by atoms with Gasteiger partial charge in [0.2, 0.25) is 0 Å². The van der Waals surface area contributed by atoms with E-state index in [2.05, 4.69) is 48.1 Å². The zero-order valence-electron chi connectivity index (χ0n) is 13.5. The number of H-pyrrole nitrogens is 1. The molecule has 2 nitrogen and oxygen atoms in total. The Labute approximate surface area is 142 Å². The van der Waals surface area contributed by atoms with Crippen molar-refractivity contribution in [2.45, 2.75) is 32.6 Å². The molecule has 3 heteroatoms. The lowest BCUT2D eigenvalue weighted by Crippen LogP contribution is -1.92. The summed E-state index contributed by atoms with van der Waals surface area (Å²) in [5, 5.41) is 0.781. The van der Waals surface area contributed by atoms with Crippen LogP contribution < -0.4 is 0 Å². The van der Waals surface area contributed by atoms with Crippen LogP contribution in [0, 0.1) is 0 Å². The highest BCUT2D eigenvalue weighted by Gasteiger charge is 2.08. The van der Waals surface area contributed by atoms with Gasteiger partial charge in [-0.2, -0.15) is 0 Å². The standard InChI is InChI=1S/C20H21ClN2/c1-3-14(2)15-8-10-16(11-9-15)19-13-22-20(23-19)12-17-6-4-5-7-18(17)21/h4-11,13-14H,3,12H2,1-2H3,(H,22,23). The molecule has 0 fully saturated rings. The van der Waals surface area contributed by atoms with Crippen molar-refractivity contribution in [1.82, 2.24) is 9.97 Å². The Morgan fingerprint density at radius 2 is 1.83 bits per heavy atom. The van der Waals surface area contributed by atoms with E-state index in [4.69, 9.17) is 11.6 Å². The van der Waals surface area contributed by atoms with Crippen molar-refractivity contribution in [1.29, 1.82) is 0 Å². The Balaban J connectivity index is 1.78. The van der Waals surface area contributed by atoms with Gasteiger partial charge in [0, 0.05) is 11.4 Å². The Bertz CT molecular complexity index is 774. The fourth-order valence-electron chi connectivity index (χ4n) is 2.65. The highest BCUT2D eigenvalue weighted by Crippen LogP contribution is 2.24. The fraction of sp³-hybridized carbons (Fsp3) is 0.250. The first-order valence-electron chi connectivity index (χ1n) is 8.05. The van der Waals surface area contributed by atoms with E-state index in [0.717, 1.165) is 34.1 Å². The zero-order chi connectivity index (χ0) is 16.2. The van der Waals surface area contributed by atoms with Crippen LogP contribution in [-0.4, -0.2) is 9.97 Å². The number of aromatic nitrogens is 2. The van der Waals surface area contributed by atoms with Crippen LogP contribution in [0.25, 0.3) is 11.3 Å². The Hall–Kier alpha value is -2.06. The molecule has 1 atom stereocenters. The van der Waals surface area contributed by atoms with Crippen LogP contribution in [0.1, 0.15) is 43.1 Å². The van der Waals surface area contributed by atoms with Gasteiger partial charge in [0.1, 0.15) is 5.82 Å². The van der Waals surface area contributed by atoms with Crippen molar-refractivity contribution in [2.75, 3.05) is 0 Å². The maximum atomic E-state index is 6.22. The second kappa shape index (κ2) is 7.01. The lowest BCUT2D eigenvalue weighted by Gasteiger charge is -2.09. The zero-order valence-corrected chi connectivity index (χ0v) is 14.3. The van der Waals surface area contributed by atoms with Gasteiger partial charge in [-0.15, -0.1) is 0 Å². The second-order valence-electron chi connectivity index (χ2n) is 5.94. The maximum absolute atomic E-state index is 6.22. The molecule has 3 aromatic rings. The van der Waals surface area contributed by atoms with Crippen LogP contribution >= 0.6 is 11.6 Å². The number of hydrogen-bond acceptors (Lipinski definition) is 1. The first-order valence-corrected chi connectivity index (χ1v) is 8.42. The van der Waals surface area contributed by atoms with Crippen LogP contribution in [-0.2, 0) is 6.42 Å². The van der Waals surface area contributed by atoms with Crippen LogP contribution in [0.15, 0.2) is 54.7 Å². The Morgan fingerprint density at radius 1 is 1.09 bits per heavy atom. The average Bonchev–Trinajstić information content (AvgIpc) is 3.05. The summed E-state index contributed by atoms with van der Waals surface area (Å²) in [4.78, 5) is 7.89. The summed E-state index contributed by atoms with van der Waals surface area (Å²) < 4.78 is 0. The van der Waals surface area contributed by atoms with E-state index in [-0.39, 0.29) is 0 Å². The third-order valence-corrected chi connectivity index (χ3v) is 4.72. The molecule has 0 radical (unpaired) electrons. The first-order chi connectivity index (χ1) is 11.2. The molecule has 0 aliphatic carbocycles. The van der Waals surface area contributed by atoms with E-state index >= 15 is 0 Å². The number of rotatable bonds is 5. The Morgan fingerprint density at radius 3 is 2.52 bits per heavy atom. The number of nitrogens with zero attached hydrogens (tertiary/aromatic N) is 1. The maximum Gasteiger partial charge on any atom is 0.110 e. The molecule has 0 saturated heterocycles. The van der Waals surface area contributed by atoms with E-state index in [0.29, 0.717) is 12.3 Å². The number of benzene rings is 2. The van der Waals surface area contributed by atoms with Crippen LogP contribution in [0.3, 0.4) is 0 Å². The smallest absolute Gasteiger partial charge is 0.110 e. The lowest BCUT2D eigenvalue weighted by atomic mass is 9.97. The van der Waals surface area contributed by atoms with E-state index in [1.165, 1.54) is 5.56 Å². The van der Waals surface area contributed by atoms with E-state index < -0.39 is 0 Å². The quantitative estimate of drug-likeness (QED) is 0.628. The van der Waals surface area contributed by atoms with Crippen molar-refractivity contribution in [3.8, 4) is 11.3 Å². The SMILES string of the molecule is CCC(C)c1ccc(-c2cnc(Cc3ccccc3Cl)[nH]2)cc1. The molecule has 0 bridgehead atoms. The number of imidazole rings is 1. The minimum absolute atomic E-state index is 0.599. The predicted octanol–water partition coefficient (Wildman–Crippen LogP) is 5.83. The molecule has 1 aromatic heterocycles. The third-order valence-electron chi connectivity index (χ3n) is 4.35. The van der Waals surface area contributed by atoms with Crippen molar-refractivity contribution in [3.63, 3.8) is 0 Å².